The second-order valence-corrected chi connectivity index (χ2v) is 4.55. The van der Waals surface area contributed by atoms with Gasteiger partial charge in [0.25, 0.3) is 0 Å². The highest BCUT2D eigenvalue weighted by atomic mass is 16.5. The zero-order valence-electron chi connectivity index (χ0n) is 13.7. The molecule has 0 aliphatic heterocycles. The van der Waals surface area contributed by atoms with Gasteiger partial charge in [-0.05, 0) is 38.5 Å². The number of nitrogens with one attached hydrogen (secondary N) is 2. The molecule has 0 unspecified atom stereocenters. The van der Waals surface area contributed by atoms with Crippen LogP contribution >= 0.6 is 0 Å². The first-order valence-electron chi connectivity index (χ1n) is 7.75. The Morgan fingerprint density at radius 2 is 2.00 bits per heavy atom. The third kappa shape index (κ3) is 6.67. The minimum Gasteiger partial charge on any atom is -0.504 e. The minimum atomic E-state index is 0.149. The van der Waals surface area contributed by atoms with Crippen molar-refractivity contribution in [1.29, 1.82) is 0 Å². The van der Waals surface area contributed by atoms with Crippen molar-refractivity contribution >= 4 is 5.96 Å². The quantitative estimate of drug-likeness (QED) is 0.369. The van der Waals surface area contributed by atoms with Gasteiger partial charge >= 0.3 is 0 Å². The zero-order chi connectivity index (χ0) is 16.2. The van der Waals surface area contributed by atoms with Crippen molar-refractivity contribution in [3.8, 4) is 11.5 Å². The maximum absolute atomic E-state index is 9.69. The Bertz CT molecular complexity index is 464. The molecule has 0 bridgehead atoms. The molecule has 0 fully saturated rings. The van der Waals surface area contributed by atoms with Crippen molar-refractivity contribution < 1.29 is 14.6 Å². The smallest absolute Gasteiger partial charge is 0.191 e. The lowest BCUT2D eigenvalue weighted by Gasteiger charge is -2.11. The van der Waals surface area contributed by atoms with Gasteiger partial charge in [-0.2, -0.15) is 0 Å². The third-order valence-corrected chi connectivity index (χ3v) is 2.83. The van der Waals surface area contributed by atoms with Crippen LogP contribution in [0.2, 0.25) is 0 Å². The molecule has 0 saturated carbocycles. The van der Waals surface area contributed by atoms with Gasteiger partial charge in [-0.1, -0.05) is 6.07 Å². The number of benzene rings is 1. The Hall–Kier alpha value is -1.95. The summed E-state index contributed by atoms with van der Waals surface area (Å²) in [6.45, 7) is 9.76. The Labute approximate surface area is 132 Å². The minimum absolute atomic E-state index is 0.149. The summed E-state index contributed by atoms with van der Waals surface area (Å²) < 4.78 is 10.7. The molecule has 0 aliphatic carbocycles. The van der Waals surface area contributed by atoms with Gasteiger partial charge in [0, 0.05) is 19.7 Å². The topological polar surface area (TPSA) is 75.1 Å². The second kappa shape index (κ2) is 10.7. The molecule has 124 valence electrons. The molecule has 3 N–H and O–H groups in total. The van der Waals surface area contributed by atoms with Crippen LogP contribution in [0.15, 0.2) is 23.2 Å². The van der Waals surface area contributed by atoms with Crippen molar-refractivity contribution in [3.05, 3.63) is 23.8 Å². The number of hydrogen-bond acceptors (Lipinski definition) is 4. The Morgan fingerprint density at radius 1 is 1.18 bits per heavy atom. The molecule has 22 heavy (non-hydrogen) atoms. The average Bonchev–Trinajstić information content (AvgIpc) is 2.52. The number of guanidine groups is 1. The van der Waals surface area contributed by atoms with Crippen molar-refractivity contribution in [1.82, 2.24) is 10.6 Å². The van der Waals surface area contributed by atoms with Crippen LogP contribution in [0.5, 0.6) is 11.5 Å². The monoisotopic (exact) mass is 309 g/mol. The van der Waals surface area contributed by atoms with Crippen LogP contribution < -0.4 is 15.4 Å². The summed E-state index contributed by atoms with van der Waals surface area (Å²) in [6.07, 6.45) is 0. The molecular weight excluding hydrogens is 282 g/mol. The normalized spacial score (nSPS) is 11.3. The van der Waals surface area contributed by atoms with Crippen LogP contribution in [-0.2, 0) is 11.3 Å². The maximum Gasteiger partial charge on any atom is 0.191 e. The molecule has 6 heteroatoms. The highest BCUT2D eigenvalue weighted by molar-refractivity contribution is 5.79. The molecule has 0 aliphatic rings. The number of phenols is 1. The summed E-state index contributed by atoms with van der Waals surface area (Å²) in [5.41, 5.74) is 0.975. The molecule has 1 aromatic carbocycles. The number of nitrogens with zero attached hydrogens (tertiary/aromatic N) is 1. The summed E-state index contributed by atoms with van der Waals surface area (Å²) in [6, 6.07) is 5.28. The molecule has 6 nitrogen and oxygen atoms in total. The lowest BCUT2D eigenvalue weighted by atomic mass is 10.2. The lowest BCUT2D eigenvalue weighted by Crippen LogP contribution is -2.39. The fourth-order valence-corrected chi connectivity index (χ4v) is 1.83. The highest BCUT2D eigenvalue weighted by Gasteiger charge is 2.04. The molecule has 1 aromatic rings. The molecule has 0 heterocycles. The van der Waals surface area contributed by atoms with Crippen LogP contribution in [-0.4, -0.2) is 44.0 Å². The summed E-state index contributed by atoms with van der Waals surface area (Å²) in [5.74, 6) is 1.38. The maximum atomic E-state index is 9.69. The SMILES string of the molecule is CCNC(=NCc1ccc(O)c(OCC)c1)NCCOCC. The van der Waals surface area contributed by atoms with Crippen LogP contribution in [0.25, 0.3) is 0 Å². The van der Waals surface area contributed by atoms with Gasteiger partial charge < -0.3 is 25.2 Å². The summed E-state index contributed by atoms with van der Waals surface area (Å²) in [4.78, 5) is 4.51. The predicted octanol–water partition coefficient (Wildman–Crippen LogP) is 1.88. The van der Waals surface area contributed by atoms with E-state index < -0.39 is 0 Å². The van der Waals surface area contributed by atoms with Gasteiger partial charge in [0.1, 0.15) is 0 Å². The molecule has 0 saturated heterocycles. The van der Waals surface area contributed by atoms with Crippen LogP contribution in [0.4, 0.5) is 0 Å². The van der Waals surface area contributed by atoms with E-state index >= 15 is 0 Å². The lowest BCUT2D eigenvalue weighted by molar-refractivity contribution is 0.152. The van der Waals surface area contributed by atoms with Gasteiger partial charge in [-0.15, -0.1) is 0 Å². The fraction of sp³-hybridized carbons (Fsp3) is 0.562. The first kappa shape index (κ1) is 18.1. The van der Waals surface area contributed by atoms with Gasteiger partial charge in [0.2, 0.25) is 0 Å². The number of ether oxygens (including phenoxy) is 2. The van der Waals surface area contributed by atoms with E-state index in [4.69, 9.17) is 9.47 Å². The average molecular weight is 309 g/mol. The molecule has 1 rings (SSSR count). The van der Waals surface area contributed by atoms with E-state index in [1.165, 1.54) is 0 Å². The van der Waals surface area contributed by atoms with Gasteiger partial charge in [-0.3, -0.25) is 0 Å². The van der Waals surface area contributed by atoms with Crippen LogP contribution in [0.1, 0.15) is 26.3 Å². The highest BCUT2D eigenvalue weighted by Crippen LogP contribution is 2.26. The van der Waals surface area contributed by atoms with Gasteiger partial charge in [-0.25, -0.2) is 4.99 Å². The van der Waals surface area contributed by atoms with E-state index in [1.54, 1.807) is 6.07 Å². The van der Waals surface area contributed by atoms with Crippen molar-refractivity contribution in [2.75, 3.05) is 32.9 Å². The molecule has 0 spiro atoms. The van der Waals surface area contributed by atoms with Crippen molar-refractivity contribution in [3.63, 3.8) is 0 Å². The third-order valence-electron chi connectivity index (χ3n) is 2.83. The molecule has 0 amide bonds. The number of rotatable bonds is 9. The van der Waals surface area contributed by atoms with Gasteiger partial charge in [0.05, 0.1) is 19.8 Å². The molecule has 0 radical (unpaired) electrons. The number of aromatic hydroxyl groups is 1. The van der Waals surface area contributed by atoms with E-state index in [2.05, 4.69) is 15.6 Å². The number of aliphatic imine (C=N–C) groups is 1. The summed E-state index contributed by atoms with van der Waals surface area (Å²) in [7, 11) is 0. The second-order valence-electron chi connectivity index (χ2n) is 4.55. The van der Waals surface area contributed by atoms with E-state index in [9.17, 15) is 5.11 Å². The van der Waals surface area contributed by atoms with E-state index in [0.717, 1.165) is 18.1 Å². The van der Waals surface area contributed by atoms with E-state index in [1.807, 2.05) is 32.9 Å². The summed E-state index contributed by atoms with van der Waals surface area (Å²) >= 11 is 0. The first-order chi connectivity index (χ1) is 10.7. The number of hydrogen-bond donors (Lipinski definition) is 3. The van der Waals surface area contributed by atoms with Gasteiger partial charge in [0.15, 0.2) is 17.5 Å². The Morgan fingerprint density at radius 3 is 2.68 bits per heavy atom. The van der Waals surface area contributed by atoms with Crippen molar-refractivity contribution in [2.45, 2.75) is 27.3 Å². The van der Waals surface area contributed by atoms with E-state index in [0.29, 0.717) is 38.7 Å². The zero-order valence-corrected chi connectivity index (χ0v) is 13.7. The Kier molecular flexibility index (Phi) is 8.83. The molecular formula is C16H27N3O3. The number of phenolic OH excluding ortho intramolecular Hbond substituents is 1. The van der Waals surface area contributed by atoms with Crippen LogP contribution in [0, 0.1) is 0 Å². The Balaban J connectivity index is 2.62. The fourth-order valence-electron chi connectivity index (χ4n) is 1.83. The van der Waals surface area contributed by atoms with Crippen LogP contribution in [0.3, 0.4) is 0 Å². The largest absolute Gasteiger partial charge is 0.504 e. The van der Waals surface area contributed by atoms with E-state index in [-0.39, 0.29) is 5.75 Å². The molecule has 0 atom stereocenters. The standard InChI is InChI=1S/C16H27N3O3/c1-4-17-16(18-9-10-21-5-2)19-12-13-7-8-14(20)15(11-13)22-6-3/h7-8,11,20H,4-6,9-10,12H2,1-3H3,(H2,17,18,19). The predicted molar refractivity (Wildman–Crippen MR) is 88.6 cm³/mol. The van der Waals surface area contributed by atoms with Crippen molar-refractivity contribution in [2.24, 2.45) is 4.99 Å². The first-order valence-corrected chi connectivity index (χ1v) is 7.75. The molecule has 0 aromatic heterocycles. The summed E-state index contributed by atoms with van der Waals surface area (Å²) in [5, 5.41) is 16.1.